The quantitative estimate of drug-likeness (QED) is 0.267. The number of ether oxygens (including phenoxy) is 1. The van der Waals surface area contributed by atoms with E-state index in [1.54, 1.807) is 35.1 Å². The molecule has 40 heavy (non-hydrogen) atoms. The second-order valence-corrected chi connectivity index (χ2v) is 12.0. The Hall–Kier alpha value is -3.83. The predicted molar refractivity (Wildman–Crippen MR) is 154 cm³/mol. The molecule has 1 aliphatic rings. The van der Waals surface area contributed by atoms with Crippen LogP contribution in [-0.4, -0.2) is 83.9 Å². The van der Waals surface area contributed by atoms with Gasteiger partial charge in [0.1, 0.15) is 17.8 Å². The topological polar surface area (TPSA) is 111 Å². The van der Waals surface area contributed by atoms with Crippen molar-refractivity contribution in [3.05, 3.63) is 66.6 Å². The van der Waals surface area contributed by atoms with Gasteiger partial charge >= 0.3 is 0 Å². The Labute approximate surface area is 234 Å². The van der Waals surface area contributed by atoms with E-state index >= 15 is 0 Å². The van der Waals surface area contributed by atoms with Crippen LogP contribution in [0.4, 0.5) is 5.69 Å². The predicted octanol–water partition coefficient (Wildman–Crippen LogP) is 3.79. The van der Waals surface area contributed by atoms with Crippen molar-refractivity contribution >= 4 is 32.3 Å². The molecule has 0 N–H and O–H groups in total. The maximum atomic E-state index is 12.9. The van der Waals surface area contributed by atoms with Crippen molar-refractivity contribution in [2.45, 2.75) is 37.7 Å². The lowest BCUT2D eigenvalue weighted by atomic mass is 10.1. The molecule has 0 saturated carbocycles. The Balaban J connectivity index is 1.19. The molecule has 2 aromatic carbocycles. The zero-order valence-corrected chi connectivity index (χ0v) is 23.8. The summed E-state index contributed by atoms with van der Waals surface area (Å²) < 4.78 is 31.5. The fourth-order valence-corrected chi connectivity index (χ4v) is 5.65. The number of piperidine rings is 1. The van der Waals surface area contributed by atoms with Crippen LogP contribution in [0, 0.1) is 0 Å². The van der Waals surface area contributed by atoms with E-state index in [0.29, 0.717) is 29.1 Å². The van der Waals surface area contributed by atoms with E-state index in [9.17, 15) is 13.2 Å². The molecule has 0 radical (unpaired) electrons. The molecule has 1 fully saturated rings. The summed E-state index contributed by atoms with van der Waals surface area (Å²) in [5.41, 5.74) is 3.13. The molecule has 0 atom stereocenters. The average Bonchev–Trinajstić information content (AvgIpc) is 3.40. The van der Waals surface area contributed by atoms with E-state index in [1.165, 1.54) is 12.6 Å². The Morgan fingerprint density at radius 1 is 1.00 bits per heavy atom. The van der Waals surface area contributed by atoms with Crippen LogP contribution in [0.2, 0.25) is 0 Å². The van der Waals surface area contributed by atoms with E-state index in [2.05, 4.69) is 38.7 Å². The lowest BCUT2D eigenvalue weighted by molar-refractivity contribution is 0.0782. The SMILES string of the molecule is CCN(CC)c1ccc(C(=O)CN2CCC(Oc3ncnc4c3cnn4-c3ccc(S(C)(=O)=O)cc3)CC2)cc1. The Morgan fingerprint density at radius 3 is 2.30 bits per heavy atom. The summed E-state index contributed by atoms with van der Waals surface area (Å²) in [5.74, 6) is 0.590. The number of benzene rings is 2. The molecule has 3 heterocycles. The molecule has 5 rings (SSSR count). The zero-order valence-electron chi connectivity index (χ0n) is 23.0. The first-order chi connectivity index (χ1) is 19.3. The van der Waals surface area contributed by atoms with Crippen LogP contribution in [0.5, 0.6) is 5.88 Å². The lowest BCUT2D eigenvalue weighted by Gasteiger charge is -2.31. The molecular formula is C29H34N6O4S. The molecule has 0 amide bonds. The second kappa shape index (κ2) is 11.7. The molecule has 4 aromatic rings. The second-order valence-electron chi connectivity index (χ2n) is 9.97. The minimum absolute atomic E-state index is 0.0322. The van der Waals surface area contributed by atoms with Crippen molar-refractivity contribution in [3.8, 4) is 11.6 Å². The first kappa shape index (κ1) is 27.7. The number of Topliss-reactive ketones (excluding diaryl/α,β-unsaturated/α-hetero) is 1. The highest BCUT2D eigenvalue weighted by Gasteiger charge is 2.24. The molecule has 11 heteroatoms. The standard InChI is InChI=1S/C29H34N6O4S/c1-4-34(5-2)22-8-6-21(7-9-22)27(36)19-33-16-14-24(15-17-33)39-29-26-18-32-35(28(26)30-20-31-29)23-10-12-25(13-11-23)40(3,37)38/h6-13,18,20,24H,4-5,14-17,19H2,1-3H3. The highest BCUT2D eigenvalue weighted by molar-refractivity contribution is 7.90. The van der Waals surface area contributed by atoms with Gasteiger partial charge in [-0.2, -0.15) is 5.10 Å². The van der Waals surface area contributed by atoms with Crippen molar-refractivity contribution < 1.29 is 17.9 Å². The highest BCUT2D eigenvalue weighted by Crippen LogP contribution is 2.27. The Morgan fingerprint density at radius 2 is 1.68 bits per heavy atom. The minimum atomic E-state index is -3.28. The summed E-state index contributed by atoms with van der Waals surface area (Å²) in [7, 11) is -3.28. The van der Waals surface area contributed by atoms with Crippen LogP contribution < -0.4 is 9.64 Å². The third-order valence-electron chi connectivity index (χ3n) is 7.34. The molecule has 0 spiro atoms. The Kier molecular flexibility index (Phi) is 8.13. The van der Waals surface area contributed by atoms with Gasteiger partial charge in [0.05, 0.1) is 23.3 Å². The number of sulfone groups is 1. The summed E-state index contributed by atoms with van der Waals surface area (Å²) in [6.45, 7) is 8.03. The zero-order chi connectivity index (χ0) is 28.3. The molecule has 0 bridgehead atoms. The molecule has 1 saturated heterocycles. The van der Waals surface area contributed by atoms with Gasteiger partial charge in [-0.25, -0.2) is 23.1 Å². The Bertz CT molecular complexity index is 1570. The van der Waals surface area contributed by atoms with Crippen molar-refractivity contribution in [3.63, 3.8) is 0 Å². The fourth-order valence-electron chi connectivity index (χ4n) is 5.02. The summed E-state index contributed by atoms with van der Waals surface area (Å²) in [6, 6.07) is 14.4. The number of anilines is 1. The molecule has 2 aromatic heterocycles. The van der Waals surface area contributed by atoms with Gasteiger partial charge in [0.15, 0.2) is 21.3 Å². The number of ketones is 1. The summed E-state index contributed by atoms with van der Waals surface area (Å²) in [5, 5.41) is 5.13. The van der Waals surface area contributed by atoms with Gasteiger partial charge in [0.2, 0.25) is 5.88 Å². The van der Waals surface area contributed by atoms with Crippen LogP contribution in [0.15, 0.2) is 66.0 Å². The van der Waals surface area contributed by atoms with Gasteiger partial charge in [-0.15, -0.1) is 0 Å². The van der Waals surface area contributed by atoms with Crippen molar-refractivity contribution in [1.82, 2.24) is 24.6 Å². The fraction of sp³-hybridized carbons (Fsp3) is 0.379. The van der Waals surface area contributed by atoms with Crippen molar-refractivity contribution in [2.75, 3.05) is 43.9 Å². The van der Waals surface area contributed by atoms with Crippen LogP contribution in [0.1, 0.15) is 37.0 Å². The maximum Gasteiger partial charge on any atom is 0.228 e. The van der Waals surface area contributed by atoms with E-state index in [-0.39, 0.29) is 16.8 Å². The number of likely N-dealkylation sites (tertiary alicyclic amines) is 1. The van der Waals surface area contributed by atoms with Gasteiger partial charge < -0.3 is 9.64 Å². The first-order valence-electron chi connectivity index (χ1n) is 13.5. The van der Waals surface area contributed by atoms with Gasteiger partial charge in [0.25, 0.3) is 0 Å². The van der Waals surface area contributed by atoms with Gasteiger partial charge in [-0.3, -0.25) is 9.69 Å². The third-order valence-corrected chi connectivity index (χ3v) is 8.47. The number of carbonyl (C=O) groups is 1. The number of hydrogen-bond donors (Lipinski definition) is 0. The van der Waals surface area contributed by atoms with Crippen LogP contribution in [-0.2, 0) is 9.84 Å². The molecule has 0 aliphatic carbocycles. The summed E-state index contributed by atoms with van der Waals surface area (Å²) in [6.07, 6.45) is 5.81. The van der Waals surface area contributed by atoms with E-state index in [0.717, 1.165) is 50.3 Å². The minimum Gasteiger partial charge on any atom is -0.474 e. The largest absolute Gasteiger partial charge is 0.474 e. The third kappa shape index (κ3) is 6.00. The van der Waals surface area contributed by atoms with Gasteiger partial charge in [-0.05, 0) is 75.2 Å². The lowest BCUT2D eigenvalue weighted by Crippen LogP contribution is -2.40. The highest BCUT2D eigenvalue weighted by atomic mass is 32.2. The summed E-state index contributed by atoms with van der Waals surface area (Å²) >= 11 is 0. The van der Waals surface area contributed by atoms with E-state index < -0.39 is 9.84 Å². The van der Waals surface area contributed by atoms with Crippen LogP contribution in [0.25, 0.3) is 16.7 Å². The van der Waals surface area contributed by atoms with Crippen molar-refractivity contribution in [1.29, 1.82) is 0 Å². The number of nitrogens with zero attached hydrogens (tertiary/aromatic N) is 6. The van der Waals surface area contributed by atoms with Gasteiger partial charge in [-0.1, -0.05) is 0 Å². The monoisotopic (exact) mass is 562 g/mol. The van der Waals surface area contributed by atoms with Gasteiger partial charge in [0, 0.05) is 43.7 Å². The molecule has 1 aliphatic heterocycles. The number of carbonyl (C=O) groups excluding carboxylic acids is 1. The number of fused-ring (bicyclic) bond motifs is 1. The maximum absolute atomic E-state index is 12.9. The van der Waals surface area contributed by atoms with E-state index in [1.807, 2.05) is 24.3 Å². The number of aromatic nitrogens is 4. The molecule has 10 nitrogen and oxygen atoms in total. The van der Waals surface area contributed by atoms with Crippen molar-refractivity contribution in [2.24, 2.45) is 0 Å². The molecular weight excluding hydrogens is 528 g/mol. The average molecular weight is 563 g/mol. The molecule has 210 valence electrons. The summed E-state index contributed by atoms with van der Waals surface area (Å²) in [4.78, 5) is 26.3. The van der Waals surface area contributed by atoms with E-state index in [4.69, 9.17) is 4.74 Å². The van der Waals surface area contributed by atoms with Crippen LogP contribution >= 0.6 is 0 Å². The number of hydrogen-bond acceptors (Lipinski definition) is 9. The smallest absolute Gasteiger partial charge is 0.228 e. The molecule has 0 unspecified atom stereocenters. The number of rotatable bonds is 10. The van der Waals surface area contributed by atoms with Crippen LogP contribution in [0.3, 0.4) is 0 Å². The normalized spacial score (nSPS) is 14.9. The first-order valence-corrected chi connectivity index (χ1v) is 15.4.